The molecular formula is C13H18ClN3OS. The van der Waals surface area contributed by atoms with Gasteiger partial charge in [-0.3, -0.25) is 0 Å². The Labute approximate surface area is 122 Å². The highest BCUT2D eigenvalue weighted by atomic mass is 35.5. The first kappa shape index (κ1) is 14.5. The van der Waals surface area contributed by atoms with Crippen LogP contribution in [0.15, 0.2) is 18.3 Å². The zero-order valence-corrected chi connectivity index (χ0v) is 12.7. The molecule has 4 nitrogen and oxygen atoms in total. The maximum Gasteiger partial charge on any atom is 0.106 e. The highest BCUT2D eigenvalue weighted by Crippen LogP contribution is 2.23. The lowest BCUT2D eigenvalue weighted by Gasteiger charge is -2.10. The van der Waals surface area contributed by atoms with Gasteiger partial charge in [-0.25, -0.2) is 4.98 Å². The molecule has 2 rings (SSSR count). The summed E-state index contributed by atoms with van der Waals surface area (Å²) in [5, 5.41) is 3.34. The van der Waals surface area contributed by atoms with Gasteiger partial charge in [-0.1, -0.05) is 11.6 Å². The second-order valence-electron chi connectivity index (χ2n) is 4.26. The number of hydrogen-bond acceptors (Lipinski definition) is 4. The van der Waals surface area contributed by atoms with Crippen molar-refractivity contribution in [3.63, 3.8) is 0 Å². The lowest BCUT2D eigenvalue weighted by molar-refractivity contribution is 0.199. The molecule has 2 aromatic heterocycles. The zero-order chi connectivity index (χ0) is 13.7. The number of methoxy groups -OCH3 is 1. The van der Waals surface area contributed by atoms with Crippen molar-refractivity contribution >= 4 is 22.9 Å². The Balaban J connectivity index is 2.00. The van der Waals surface area contributed by atoms with Gasteiger partial charge in [-0.15, -0.1) is 11.3 Å². The molecule has 0 aromatic carbocycles. The van der Waals surface area contributed by atoms with Crippen LogP contribution in [0.3, 0.4) is 0 Å². The van der Waals surface area contributed by atoms with Crippen LogP contribution in [0.4, 0.5) is 0 Å². The third-order valence-corrected chi connectivity index (χ3v) is 4.09. The van der Waals surface area contributed by atoms with E-state index in [4.69, 9.17) is 16.3 Å². The van der Waals surface area contributed by atoms with Gasteiger partial charge in [-0.2, -0.15) is 0 Å². The fourth-order valence-corrected chi connectivity index (χ4v) is 2.93. The molecule has 0 saturated heterocycles. The average molecular weight is 300 g/mol. The van der Waals surface area contributed by atoms with Crippen molar-refractivity contribution < 1.29 is 4.74 Å². The second-order valence-corrected chi connectivity index (χ2v) is 6.06. The van der Waals surface area contributed by atoms with Crippen LogP contribution in [0.5, 0.6) is 0 Å². The fourth-order valence-electron chi connectivity index (χ4n) is 1.86. The SMILES string of the molecule is COCCNCc1cnc(C)n1Cc1ccc(Cl)s1. The number of halogens is 1. The topological polar surface area (TPSA) is 39.1 Å². The van der Waals surface area contributed by atoms with Crippen LogP contribution in [0.2, 0.25) is 4.34 Å². The number of ether oxygens (including phenoxy) is 1. The minimum Gasteiger partial charge on any atom is -0.383 e. The summed E-state index contributed by atoms with van der Waals surface area (Å²) >= 11 is 7.58. The summed E-state index contributed by atoms with van der Waals surface area (Å²) in [5.41, 5.74) is 1.18. The van der Waals surface area contributed by atoms with Crippen LogP contribution in [-0.2, 0) is 17.8 Å². The quantitative estimate of drug-likeness (QED) is 0.799. The molecule has 0 spiro atoms. The maximum atomic E-state index is 5.97. The predicted molar refractivity (Wildman–Crippen MR) is 79.0 cm³/mol. The number of aromatic nitrogens is 2. The number of rotatable bonds is 7. The van der Waals surface area contributed by atoms with E-state index in [1.807, 2.05) is 19.2 Å². The fraction of sp³-hybridized carbons (Fsp3) is 0.462. The molecule has 0 fully saturated rings. The molecule has 0 aliphatic heterocycles. The summed E-state index contributed by atoms with van der Waals surface area (Å²) in [7, 11) is 1.70. The van der Waals surface area contributed by atoms with E-state index in [1.165, 1.54) is 10.6 Å². The van der Waals surface area contributed by atoms with E-state index in [0.29, 0.717) is 6.61 Å². The largest absolute Gasteiger partial charge is 0.383 e. The summed E-state index contributed by atoms with van der Waals surface area (Å²) in [6, 6.07) is 4.00. The first-order valence-electron chi connectivity index (χ1n) is 6.15. The van der Waals surface area contributed by atoms with E-state index in [-0.39, 0.29) is 0 Å². The first-order valence-corrected chi connectivity index (χ1v) is 7.35. The highest BCUT2D eigenvalue weighted by molar-refractivity contribution is 7.16. The molecule has 0 radical (unpaired) electrons. The number of imidazole rings is 1. The first-order chi connectivity index (χ1) is 9.20. The van der Waals surface area contributed by atoms with Crippen molar-refractivity contribution in [2.45, 2.75) is 20.0 Å². The van der Waals surface area contributed by atoms with Gasteiger partial charge < -0.3 is 14.6 Å². The molecule has 19 heavy (non-hydrogen) atoms. The van der Waals surface area contributed by atoms with Gasteiger partial charge in [0.2, 0.25) is 0 Å². The van der Waals surface area contributed by atoms with Crippen LogP contribution < -0.4 is 5.32 Å². The summed E-state index contributed by atoms with van der Waals surface area (Å²) < 4.78 is 8.05. The van der Waals surface area contributed by atoms with E-state index >= 15 is 0 Å². The Kier molecular flexibility index (Phi) is 5.39. The molecule has 2 aromatic rings. The third-order valence-electron chi connectivity index (χ3n) is 2.87. The molecule has 0 aliphatic carbocycles. The van der Waals surface area contributed by atoms with Crippen molar-refractivity contribution in [1.29, 1.82) is 0 Å². The molecule has 0 amide bonds. The molecule has 2 heterocycles. The molecule has 1 N–H and O–H groups in total. The minimum absolute atomic E-state index is 0.716. The van der Waals surface area contributed by atoms with E-state index < -0.39 is 0 Å². The molecule has 0 bridgehead atoms. The van der Waals surface area contributed by atoms with E-state index in [1.54, 1.807) is 18.4 Å². The Hall–Kier alpha value is -0.880. The monoisotopic (exact) mass is 299 g/mol. The Morgan fingerprint density at radius 2 is 2.32 bits per heavy atom. The molecule has 0 unspecified atom stereocenters. The molecule has 0 aliphatic rings. The molecule has 6 heteroatoms. The normalized spacial score (nSPS) is 11.1. The molecule has 104 valence electrons. The zero-order valence-electron chi connectivity index (χ0n) is 11.1. The number of thiophene rings is 1. The van der Waals surface area contributed by atoms with Crippen molar-refractivity contribution in [1.82, 2.24) is 14.9 Å². The average Bonchev–Trinajstić information content (AvgIpc) is 2.95. The van der Waals surface area contributed by atoms with Crippen molar-refractivity contribution in [3.8, 4) is 0 Å². The summed E-state index contributed by atoms with van der Waals surface area (Å²) in [5.74, 6) is 1.02. The number of nitrogens with one attached hydrogen (secondary N) is 1. The highest BCUT2D eigenvalue weighted by Gasteiger charge is 2.08. The van der Waals surface area contributed by atoms with Gasteiger partial charge in [-0.05, 0) is 19.1 Å². The van der Waals surface area contributed by atoms with Crippen molar-refractivity contribution in [2.24, 2.45) is 0 Å². The van der Waals surface area contributed by atoms with Crippen LogP contribution >= 0.6 is 22.9 Å². The van der Waals surface area contributed by atoms with Crippen LogP contribution in [0.25, 0.3) is 0 Å². The van der Waals surface area contributed by atoms with Gasteiger partial charge in [0.05, 0.1) is 23.2 Å². The van der Waals surface area contributed by atoms with Crippen LogP contribution in [0, 0.1) is 6.92 Å². The lowest BCUT2D eigenvalue weighted by Crippen LogP contribution is -2.20. The molecule has 0 atom stereocenters. The third kappa shape index (κ3) is 4.04. The van der Waals surface area contributed by atoms with Gasteiger partial charge >= 0.3 is 0 Å². The van der Waals surface area contributed by atoms with Gasteiger partial charge in [0.15, 0.2) is 0 Å². The van der Waals surface area contributed by atoms with Crippen LogP contribution in [0.1, 0.15) is 16.4 Å². The minimum atomic E-state index is 0.716. The molecule has 0 saturated carbocycles. The summed E-state index contributed by atoms with van der Waals surface area (Å²) in [4.78, 5) is 5.62. The second kappa shape index (κ2) is 7.05. The smallest absolute Gasteiger partial charge is 0.106 e. The molecular weight excluding hydrogens is 282 g/mol. The summed E-state index contributed by atoms with van der Waals surface area (Å²) in [6.07, 6.45) is 1.92. The van der Waals surface area contributed by atoms with Gasteiger partial charge in [0, 0.05) is 31.3 Å². The van der Waals surface area contributed by atoms with Crippen molar-refractivity contribution in [3.05, 3.63) is 39.1 Å². The van der Waals surface area contributed by atoms with Crippen LogP contribution in [-0.4, -0.2) is 29.8 Å². The standard InChI is InChI=1S/C13H18ClN3OS/c1-10-16-8-11(7-15-5-6-18-2)17(10)9-12-3-4-13(14)19-12/h3-4,8,15H,5-7,9H2,1-2H3. The van der Waals surface area contributed by atoms with E-state index in [0.717, 1.165) is 29.8 Å². The number of aryl methyl sites for hydroxylation is 1. The number of nitrogens with zero attached hydrogens (tertiary/aromatic N) is 2. The lowest BCUT2D eigenvalue weighted by atomic mass is 10.4. The van der Waals surface area contributed by atoms with Crippen molar-refractivity contribution in [2.75, 3.05) is 20.3 Å². The Morgan fingerprint density at radius 1 is 1.47 bits per heavy atom. The summed E-state index contributed by atoms with van der Waals surface area (Å²) in [6.45, 7) is 5.20. The van der Waals surface area contributed by atoms with E-state index in [2.05, 4.69) is 20.9 Å². The van der Waals surface area contributed by atoms with Gasteiger partial charge in [0.25, 0.3) is 0 Å². The van der Waals surface area contributed by atoms with E-state index in [9.17, 15) is 0 Å². The maximum absolute atomic E-state index is 5.97. The van der Waals surface area contributed by atoms with Gasteiger partial charge in [0.1, 0.15) is 5.82 Å². The Morgan fingerprint density at radius 3 is 3.00 bits per heavy atom. The predicted octanol–water partition coefficient (Wildman–Crippen LogP) is 2.69. The number of hydrogen-bond donors (Lipinski definition) is 1. The Bertz CT molecular complexity index is 524.